The number of aliphatic carboxylic acids is 1. The van der Waals surface area contributed by atoms with E-state index in [1.165, 1.54) is 83.5 Å². The Morgan fingerprint density at radius 2 is 0.982 bits per heavy atom. The lowest BCUT2D eigenvalue weighted by Gasteiger charge is -2.26. The summed E-state index contributed by atoms with van der Waals surface area (Å²) in [6, 6.07) is -1.43. The van der Waals surface area contributed by atoms with Gasteiger partial charge in [-0.25, -0.2) is 0 Å². The zero-order chi connectivity index (χ0) is 40.7. The number of ether oxygens (including phenoxy) is 2. The Hall–Kier alpha value is -2.60. The fourth-order valence-corrected chi connectivity index (χ4v) is 6.25. The summed E-state index contributed by atoms with van der Waals surface area (Å²) in [6.45, 7) is 2.61. The summed E-state index contributed by atoms with van der Waals surface area (Å²) in [4.78, 5) is 48.0. The fraction of sp³-hybridized carbons (Fsp3) is 0.744. The number of quaternary nitrogens is 2. The minimum absolute atomic E-state index is 0. The van der Waals surface area contributed by atoms with Gasteiger partial charge in [0.2, 0.25) is 0 Å². The van der Waals surface area contributed by atoms with Gasteiger partial charge >= 0.3 is 11.9 Å². The van der Waals surface area contributed by atoms with Crippen molar-refractivity contribution in [3.8, 4) is 0 Å². The molecule has 13 heteroatoms. The summed E-state index contributed by atoms with van der Waals surface area (Å²) in [5, 5.41) is 10.8. The van der Waals surface area contributed by atoms with Crippen molar-refractivity contribution in [1.82, 2.24) is 6.15 Å². The second kappa shape index (κ2) is 40.6. The molecule has 0 aliphatic heterocycles. The van der Waals surface area contributed by atoms with E-state index in [4.69, 9.17) is 14.0 Å². The molecule has 0 rings (SSSR count). The molecule has 56 heavy (non-hydrogen) atoms. The average molecular weight is 815 g/mol. The SMILES string of the molecule is CCCCC/C=C\C/C=C\C/C=C\C/C=C\CCCC(=O)O[C@H](COC(=O)CCCCCCCCCCCCCCCC)COP(=O)([O-])OC[C@H]([NH3+])C(=O)[O-].[NH4+]. The molecule has 0 aromatic carbocycles. The molecule has 0 heterocycles. The Kier molecular flexibility index (Phi) is 40.2. The number of rotatable bonds is 39. The molecular weight excluding hydrogens is 735 g/mol. The quantitative estimate of drug-likeness (QED) is 0.0260. The first-order valence-electron chi connectivity index (χ1n) is 21.2. The van der Waals surface area contributed by atoms with Gasteiger partial charge in [0.1, 0.15) is 25.2 Å². The van der Waals surface area contributed by atoms with Gasteiger partial charge in [-0.1, -0.05) is 159 Å². The molecule has 7 N–H and O–H groups in total. The van der Waals surface area contributed by atoms with Crippen LogP contribution in [0.4, 0.5) is 0 Å². The highest BCUT2D eigenvalue weighted by molar-refractivity contribution is 7.45. The number of unbranched alkanes of at least 4 members (excludes halogenated alkanes) is 17. The van der Waals surface area contributed by atoms with Crippen molar-refractivity contribution in [2.24, 2.45) is 0 Å². The van der Waals surface area contributed by atoms with Gasteiger partial charge in [-0.15, -0.1) is 0 Å². The van der Waals surface area contributed by atoms with Crippen LogP contribution in [0.1, 0.15) is 174 Å². The first-order valence-corrected chi connectivity index (χ1v) is 22.7. The summed E-state index contributed by atoms with van der Waals surface area (Å²) in [5.74, 6) is -2.65. The number of allylic oxidation sites excluding steroid dienone is 8. The van der Waals surface area contributed by atoms with Gasteiger partial charge in [-0.05, 0) is 51.4 Å². The van der Waals surface area contributed by atoms with Crippen LogP contribution in [0.5, 0.6) is 0 Å². The van der Waals surface area contributed by atoms with E-state index in [-0.39, 0.29) is 19.0 Å². The highest BCUT2D eigenvalue weighted by atomic mass is 31.2. The summed E-state index contributed by atoms with van der Waals surface area (Å²) in [6.07, 6.45) is 41.6. The van der Waals surface area contributed by atoms with Crippen LogP contribution in [0.2, 0.25) is 0 Å². The largest absolute Gasteiger partial charge is 0.756 e. The van der Waals surface area contributed by atoms with Crippen LogP contribution in [0.15, 0.2) is 48.6 Å². The molecule has 0 saturated carbocycles. The minimum Gasteiger partial charge on any atom is -0.756 e. The highest BCUT2D eigenvalue weighted by Crippen LogP contribution is 2.38. The number of hydrogen-bond donors (Lipinski definition) is 2. The topological polar surface area (TPSA) is 215 Å². The Bertz CT molecular complexity index is 1130. The molecule has 0 spiro atoms. The van der Waals surface area contributed by atoms with Gasteiger partial charge in [0.05, 0.1) is 6.61 Å². The van der Waals surface area contributed by atoms with Gasteiger partial charge in [0, 0.05) is 12.8 Å². The van der Waals surface area contributed by atoms with E-state index < -0.39 is 57.7 Å². The lowest BCUT2D eigenvalue weighted by molar-refractivity contribution is -0.441. The average Bonchev–Trinajstić information content (AvgIpc) is 3.16. The fourth-order valence-electron chi connectivity index (χ4n) is 5.47. The van der Waals surface area contributed by atoms with Gasteiger partial charge < -0.3 is 45.2 Å². The first-order chi connectivity index (χ1) is 26.6. The van der Waals surface area contributed by atoms with Gasteiger partial charge in [-0.2, -0.15) is 0 Å². The van der Waals surface area contributed by atoms with Crippen LogP contribution < -0.4 is 21.9 Å². The Balaban J connectivity index is 0. The van der Waals surface area contributed by atoms with Crippen LogP contribution in [0.3, 0.4) is 0 Å². The van der Waals surface area contributed by atoms with Crippen molar-refractivity contribution >= 4 is 25.7 Å². The standard InChI is InChI=1S/C43H76NO10P.H3N/c1-3-5-7-9-11-13-15-17-19-20-21-23-25-27-29-31-33-35-42(46)54-39(37-52-55(49,50)53-38-40(44)43(47)48)36-51-41(45)34-32-30-28-26-24-22-18-16-14-12-10-8-6-4-2;/h11,13,17,19,21,23,27,29,39-40H,3-10,12,14-16,18,20,22,24-26,28,30-38,44H2,1-2H3,(H,47,48)(H,49,50);1H3/b13-11-,19-17-,23-21-,29-27-;/t39-,40+;/m1./s1. The van der Waals surface area contributed by atoms with Gasteiger partial charge in [0.25, 0.3) is 7.82 Å². The van der Waals surface area contributed by atoms with E-state index in [0.29, 0.717) is 19.3 Å². The van der Waals surface area contributed by atoms with Crippen LogP contribution in [-0.4, -0.2) is 49.9 Å². The van der Waals surface area contributed by atoms with Crippen LogP contribution in [-0.2, 0) is 37.5 Å². The molecule has 326 valence electrons. The molecule has 0 aliphatic carbocycles. The maximum Gasteiger partial charge on any atom is 0.306 e. The third-order valence-electron chi connectivity index (χ3n) is 8.86. The van der Waals surface area contributed by atoms with Crippen molar-refractivity contribution in [1.29, 1.82) is 0 Å². The molecule has 0 radical (unpaired) electrons. The molecule has 12 nitrogen and oxygen atoms in total. The summed E-state index contributed by atoms with van der Waals surface area (Å²) < 4.78 is 32.3. The second-order valence-corrected chi connectivity index (χ2v) is 15.6. The van der Waals surface area contributed by atoms with E-state index in [0.717, 1.165) is 44.9 Å². The Morgan fingerprint density at radius 3 is 1.48 bits per heavy atom. The van der Waals surface area contributed by atoms with Crippen LogP contribution in [0, 0.1) is 0 Å². The molecule has 0 aliphatic rings. The second-order valence-electron chi connectivity index (χ2n) is 14.2. The minimum atomic E-state index is -4.97. The van der Waals surface area contributed by atoms with Gasteiger partial charge in [0.15, 0.2) is 6.10 Å². The number of esters is 2. The molecular formula is C43H79N2O10P. The number of phosphoric ester groups is 1. The van der Waals surface area contributed by atoms with Crippen molar-refractivity contribution in [2.75, 3.05) is 19.8 Å². The third kappa shape index (κ3) is 39.6. The van der Waals surface area contributed by atoms with E-state index >= 15 is 0 Å². The van der Waals surface area contributed by atoms with E-state index in [2.05, 4.69) is 60.6 Å². The monoisotopic (exact) mass is 815 g/mol. The summed E-state index contributed by atoms with van der Waals surface area (Å²) >= 11 is 0. The van der Waals surface area contributed by atoms with Crippen LogP contribution in [0.25, 0.3) is 0 Å². The number of carboxylic acid groups (broad SMARTS) is 1. The zero-order valence-electron chi connectivity index (χ0n) is 35.3. The van der Waals surface area contributed by atoms with Crippen molar-refractivity contribution < 1.29 is 53.2 Å². The molecule has 0 bridgehead atoms. The maximum absolute atomic E-state index is 12.6. The van der Waals surface area contributed by atoms with Gasteiger partial charge in [-0.3, -0.25) is 14.2 Å². The molecule has 0 amide bonds. The molecule has 1 unspecified atom stereocenters. The zero-order valence-corrected chi connectivity index (χ0v) is 36.2. The Labute approximate surface area is 339 Å². The lowest BCUT2D eigenvalue weighted by Crippen LogP contribution is -2.70. The number of carbonyl (C=O) groups is 3. The van der Waals surface area contributed by atoms with Crippen molar-refractivity contribution in [3.63, 3.8) is 0 Å². The molecule has 0 saturated heterocycles. The van der Waals surface area contributed by atoms with Crippen molar-refractivity contribution in [3.05, 3.63) is 48.6 Å². The maximum atomic E-state index is 12.6. The predicted octanol–water partition coefficient (Wildman–Crippen LogP) is 8.70. The summed E-state index contributed by atoms with van der Waals surface area (Å²) in [5.41, 5.74) is 3.23. The number of carboxylic acids is 1. The molecule has 3 atom stereocenters. The normalized spacial score (nSPS) is 14.0. The van der Waals surface area contributed by atoms with Crippen LogP contribution >= 0.6 is 7.82 Å². The molecule has 0 aromatic heterocycles. The molecule has 0 aromatic rings. The number of hydrogen-bond acceptors (Lipinski definition) is 10. The number of carbonyl (C=O) groups excluding carboxylic acids is 3. The third-order valence-corrected chi connectivity index (χ3v) is 9.79. The summed E-state index contributed by atoms with van der Waals surface area (Å²) in [7, 11) is -4.97. The first kappa shape index (κ1) is 55.5. The predicted molar refractivity (Wildman–Crippen MR) is 221 cm³/mol. The van der Waals surface area contributed by atoms with Crippen molar-refractivity contribution in [2.45, 2.75) is 187 Å². The lowest BCUT2D eigenvalue weighted by atomic mass is 10.0. The Morgan fingerprint density at radius 1 is 0.571 bits per heavy atom. The highest BCUT2D eigenvalue weighted by Gasteiger charge is 2.22. The van der Waals surface area contributed by atoms with E-state index in [1.807, 2.05) is 12.2 Å². The van der Waals surface area contributed by atoms with E-state index in [9.17, 15) is 28.9 Å². The number of phosphoric acid groups is 1. The van der Waals surface area contributed by atoms with E-state index in [1.54, 1.807) is 0 Å². The smallest absolute Gasteiger partial charge is 0.306 e. The molecule has 0 fully saturated rings.